The van der Waals surface area contributed by atoms with E-state index >= 15 is 0 Å². The van der Waals surface area contributed by atoms with E-state index in [1.54, 1.807) is 7.11 Å². The van der Waals surface area contributed by atoms with E-state index in [-0.39, 0.29) is 5.56 Å². The van der Waals surface area contributed by atoms with E-state index in [1.807, 2.05) is 18.2 Å². The maximum Gasteiger partial charge on any atom is 0.416 e. The molecule has 1 aliphatic rings. The van der Waals surface area contributed by atoms with Gasteiger partial charge in [-0.2, -0.15) is 13.2 Å². The third-order valence-electron chi connectivity index (χ3n) is 5.71. The molecule has 2 aromatic rings. The van der Waals surface area contributed by atoms with Crippen molar-refractivity contribution in [1.29, 1.82) is 0 Å². The topological polar surface area (TPSA) is 50.8 Å². The summed E-state index contributed by atoms with van der Waals surface area (Å²) in [7, 11) is 1.61. The van der Waals surface area contributed by atoms with Crippen molar-refractivity contribution >= 4 is 5.91 Å². The van der Waals surface area contributed by atoms with Crippen LogP contribution in [-0.2, 0) is 12.7 Å². The molecule has 180 valence electrons. The average molecular weight is 465 g/mol. The van der Waals surface area contributed by atoms with Gasteiger partial charge in [0, 0.05) is 25.2 Å². The van der Waals surface area contributed by atoms with Crippen LogP contribution in [0.15, 0.2) is 42.5 Å². The van der Waals surface area contributed by atoms with Crippen LogP contribution in [0.1, 0.15) is 47.7 Å². The molecule has 0 bridgehead atoms. The van der Waals surface area contributed by atoms with Gasteiger partial charge in [0.05, 0.1) is 19.3 Å². The summed E-state index contributed by atoms with van der Waals surface area (Å²) in [5.74, 6) is 1.62. The summed E-state index contributed by atoms with van der Waals surface area (Å²) in [6.45, 7) is 6.11. The van der Waals surface area contributed by atoms with Crippen LogP contribution >= 0.6 is 0 Å². The van der Waals surface area contributed by atoms with E-state index in [1.165, 1.54) is 30.5 Å². The number of ether oxygens (including phenoxy) is 2. The molecule has 1 amide bonds. The van der Waals surface area contributed by atoms with Gasteiger partial charge >= 0.3 is 6.18 Å². The van der Waals surface area contributed by atoms with E-state index in [0.29, 0.717) is 31.1 Å². The van der Waals surface area contributed by atoms with Crippen LogP contribution in [0.2, 0.25) is 0 Å². The van der Waals surface area contributed by atoms with Crippen molar-refractivity contribution in [3.63, 3.8) is 0 Å². The standard InChI is InChI=1S/C25H31F3N2O3/c1-18-5-3-13-30(16-18)17-19-6-11-22(23(15-19)32-2)33-14-4-12-29-24(31)20-7-9-21(10-8-20)25(26,27)28/h6-11,15,18H,3-5,12-14,16-17H2,1-2H3,(H,29,31). The van der Waals surface area contributed by atoms with Crippen molar-refractivity contribution in [3.8, 4) is 11.5 Å². The number of benzene rings is 2. The van der Waals surface area contributed by atoms with Crippen LogP contribution in [0.5, 0.6) is 11.5 Å². The first-order valence-corrected chi connectivity index (χ1v) is 11.2. The van der Waals surface area contributed by atoms with E-state index in [9.17, 15) is 18.0 Å². The van der Waals surface area contributed by atoms with Gasteiger partial charge in [-0.05, 0) is 73.7 Å². The van der Waals surface area contributed by atoms with Gasteiger partial charge in [0.2, 0.25) is 0 Å². The lowest BCUT2D eigenvalue weighted by atomic mass is 10.00. The fourth-order valence-electron chi connectivity index (χ4n) is 3.99. The first-order valence-electron chi connectivity index (χ1n) is 11.2. The van der Waals surface area contributed by atoms with E-state index < -0.39 is 17.6 Å². The zero-order valence-electron chi connectivity index (χ0n) is 19.1. The summed E-state index contributed by atoms with van der Waals surface area (Å²) in [5, 5.41) is 2.69. The lowest BCUT2D eigenvalue weighted by Crippen LogP contribution is -2.33. The SMILES string of the molecule is COc1cc(CN2CCCC(C)C2)ccc1OCCCNC(=O)c1ccc(C(F)(F)F)cc1. The second kappa shape index (κ2) is 11.4. The molecule has 0 saturated carbocycles. The third-order valence-corrected chi connectivity index (χ3v) is 5.71. The van der Waals surface area contributed by atoms with Crippen LogP contribution in [0.4, 0.5) is 13.2 Å². The number of likely N-dealkylation sites (tertiary alicyclic amines) is 1. The number of alkyl halides is 3. The predicted molar refractivity (Wildman–Crippen MR) is 121 cm³/mol. The highest BCUT2D eigenvalue weighted by Crippen LogP contribution is 2.30. The molecular formula is C25H31F3N2O3. The Morgan fingerprint density at radius 3 is 2.58 bits per heavy atom. The number of halogens is 3. The number of hydrogen-bond acceptors (Lipinski definition) is 4. The van der Waals surface area contributed by atoms with Crippen LogP contribution in [-0.4, -0.2) is 44.2 Å². The van der Waals surface area contributed by atoms with Gasteiger partial charge in [0.15, 0.2) is 11.5 Å². The molecule has 5 nitrogen and oxygen atoms in total. The van der Waals surface area contributed by atoms with Crippen LogP contribution in [0.3, 0.4) is 0 Å². The Balaban J connectivity index is 1.43. The number of amides is 1. The smallest absolute Gasteiger partial charge is 0.416 e. The maximum atomic E-state index is 12.6. The highest BCUT2D eigenvalue weighted by atomic mass is 19.4. The van der Waals surface area contributed by atoms with Crippen molar-refractivity contribution in [2.75, 3.05) is 33.4 Å². The van der Waals surface area contributed by atoms with E-state index in [2.05, 4.69) is 17.1 Å². The molecule has 8 heteroatoms. The molecule has 1 heterocycles. The molecule has 3 rings (SSSR count). The van der Waals surface area contributed by atoms with Gasteiger partial charge in [-0.25, -0.2) is 0 Å². The number of methoxy groups -OCH3 is 1. The molecule has 1 aliphatic heterocycles. The summed E-state index contributed by atoms with van der Waals surface area (Å²) in [5.41, 5.74) is 0.583. The fourth-order valence-corrected chi connectivity index (χ4v) is 3.99. The summed E-state index contributed by atoms with van der Waals surface area (Å²) in [6.07, 6.45) is -1.35. The summed E-state index contributed by atoms with van der Waals surface area (Å²) in [6, 6.07) is 10.1. The number of nitrogens with one attached hydrogen (secondary N) is 1. The van der Waals surface area contributed by atoms with Gasteiger partial charge < -0.3 is 14.8 Å². The highest BCUT2D eigenvalue weighted by molar-refractivity contribution is 5.94. The van der Waals surface area contributed by atoms with Gasteiger partial charge in [0.1, 0.15) is 0 Å². The number of nitrogens with zero attached hydrogens (tertiary/aromatic N) is 1. The Hall–Kier alpha value is -2.74. The highest BCUT2D eigenvalue weighted by Gasteiger charge is 2.30. The Morgan fingerprint density at radius 1 is 1.15 bits per heavy atom. The van der Waals surface area contributed by atoms with Gasteiger partial charge in [-0.3, -0.25) is 9.69 Å². The number of hydrogen-bond donors (Lipinski definition) is 1. The molecule has 1 fully saturated rings. The van der Waals surface area contributed by atoms with Crippen molar-refractivity contribution in [2.24, 2.45) is 5.92 Å². The third kappa shape index (κ3) is 7.39. The van der Waals surface area contributed by atoms with Crippen LogP contribution < -0.4 is 14.8 Å². The Morgan fingerprint density at radius 2 is 1.91 bits per heavy atom. The molecule has 2 aromatic carbocycles. The molecule has 1 atom stereocenters. The molecule has 1 saturated heterocycles. The van der Waals surface area contributed by atoms with Crippen molar-refractivity contribution in [1.82, 2.24) is 10.2 Å². The molecule has 33 heavy (non-hydrogen) atoms. The summed E-state index contributed by atoms with van der Waals surface area (Å²) < 4.78 is 49.2. The zero-order valence-corrected chi connectivity index (χ0v) is 19.1. The lowest BCUT2D eigenvalue weighted by molar-refractivity contribution is -0.137. The molecule has 0 radical (unpaired) electrons. The monoisotopic (exact) mass is 464 g/mol. The minimum atomic E-state index is -4.42. The Kier molecular flexibility index (Phi) is 8.61. The molecule has 1 unspecified atom stereocenters. The average Bonchev–Trinajstić information content (AvgIpc) is 2.79. The molecular weight excluding hydrogens is 433 g/mol. The van der Waals surface area contributed by atoms with Crippen LogP contribution in [0.25, 0.3) is 0 Å². The minimum absolute atomic E-state index is 0.185. The van der Waals surface area contributed by atoms with E-state index in [0.717, 1.165) is 37.7 Å². The van der Waals surface area contributed by atoms with Crippen molar-refractivity contribution in [3.05, 3.63) is 59.2 Å². The van der Waals surface area contributed by atoms with Gasteiger partial charge in [0.25, 0.3) is 5.91 Å². The Labute approximate surface area is 192 Å². The molecule has 0 aliphatic carbocycles. The van der Waals surface area contributed by atoms with E-state index in [4.69, 9.17) is 9.47 Å². The normalized spacial score (nSPS) is 16.9. The number of carbonyl (C=O) groups is 1. The largest absolute Gasteiger partial charge is 0.493 e. The molecule has 1 N–H and O–H groups in total. The lowest BCUT2D eigenvalue weighted by Gasteiger charge is -2.30. The zero-order chi connectivity index (χ0) is 23.8. The maximum absolute atomic E-state index is 12.6. The van der Waals surface area contributed by atoms with Gasteiger partial charge in [-0.1, -0.05) is 13.0 Å². The number of piperidine rings is 1. The first kappa shape index (κ1) is 24.9. The summed E-state index contributed by atoms with van der Waals surface area (Å²) >= 11 is 0. The van der Waals surface area contributed by atoms with Crippen molar-refractivity contribution in [2.45, 2.75) is 38.9 Å². The number of rotatable bonds is 9. The molecule has 0 aromatic heterocycles. The number of carbonyl (C=O) groups excluding carboxylic acids is 1. The van der Waals surface area contributed by atoms with Gasteiger partial charge in [-0.15, -0.1) is 0 Å². The minimum Gasteiger partial charge on any atom is -0.493 e. The Bertz CT molecular complexity index is 916. The fraction of sp³-hybridized carbons (Fsp3) is 0.480. The molecule has 0 spiro atoms. The van der Waals surface area contributed by atoms with Crippen LogP contribution in [0, 0.1) is 5.92 Å². The quantitative estimate of drug-likeness (QED) is 0.522. The predicted octanol–water partition coefficient (Wildman–Crippen LogP) is 5.14. The second-order valence-electron chi connectivity index (χ2n) is 8.50. The summed E-state index contributed by atoms with van der Waals surface area (Å²) in [4.78, 5) is 14.6. The first-order chi connectivity index (χ1) is 15.8. The van der Waals surface area contributed by atoms with Crippen molar-refractivity contribution < 1.29 is 27.4 Å². The second-order valence-corrected chi connectivity index (χ2v) is 8.50.